The first-order valence-electron chi connectivity index (χ1n) is 8.18. The number of carbonyl (C=O) groups excluding carboxylic acids is 3. The van der Waals surface area contributed by atoms with E-state index >= 15 is 0 Å². The van der Waals surface area contributed by atoms with Gasteiger partial charge in [0.1, 0.15) is 12.3 Å². The second-order valence-electron chi connectivity index (χ2n) is 5.80. The minimum Gasteiger partial charge on any atom is -0.497 e. The predicted octanol–water partition coefficient (Wildman–Crippen LogP) is 1.51. The summed E-state index contributed by atoms with van der Waals surface area (Å²) < 4.78 is 5.06. The number of rotatable bonds is 5. The highest BCUT2D eigenvalue weighted by atomic mass is 16.5. The van der Waals surface area contributed by atoms with Gasteiger partial charge in [-0.05, 0) is 36.4 Å². The second-order valence-corrected chi connectivity index (χ2v) is 5.80. The van der Waals surface area contributed by atoms with Crippen molar-refractivity contribution in [2.75, 3.05) is 37.0 Å². The van der Waals surface area contributed by atoms with Crippen LogP contribution in [0.25, 0.3) is 0 Å². The van der Waals surface area contributed by atoms with Crippen LogP contribution < -0.4 is 15.0 Å². The van der Waals surface area contributed by atoms with E-state index in [2.05, 4.69) is 5.32 Å². The quantitative estimate of drug-likeness (QED) is 0.827. The zero-order valence-corrected chi connectivity index (χ0v) is 14.3. The van der Waals surface area contributed by atoms with Crippen LogP contribution in [0, 0.1) is 0 Å². The van der Waals surface area contributed by atoms with Crippen LogP contribution in [0.3, 0.4) is 0 Å². The maximum absolute atomic E-state index is 12.3. The van der Waals surface area contributed by atoms with Gasteiger partial charge in [0.2, 0.25) is 5.91 Å². The largest absolute Gasteiger partial charge is 0.497 e. The fraction of sp³-hybridized carbons (Fsp3) is 0.211. The number of nitrogens with one attached hydrogen (secondary N) is 1. The Morgan fingerprint density at radius 2 is 1.69 bits per heavy atom. The maximum Gasteiger partial charge on any atom is 0.316 e. The first-order valence-corrected chi connectivity index (χ1v) is 8.18. The van der Waals surface area contributed by atoms with Gasteiger partial charge in [0.25, 0.3) is 0 Å². The molecular formula is C19H19N3O4. The summed E-state index contributed by atoms with van der Waals surface area (Å²) in [5.74, 6) is -0.977. The van der Waals surface area contributed by atoms with Crippen LogP contribution in [0.15, 0.2) is 54.6 Å². The number of para-hydroxylation sites is 1. The van der Waals surface area contributed by atoms with Gasteiger partial charge >= 0.3 is 11.8 Å². The topological polar surface area (TPSA) is 79.0 Å². The van der Waals surface area contributed by atoms with E-state index in [1.807, 2.05) is 18.2 Å². The van der Waals surface area contributed by atoms with Crippen molar-refractivity contribution < 1.29 is 19.1 Å². The number of piperazine rings is 1. The molecule has 1 N–H and O–H groups in total. The molecule has 1 aliphatic heterocycles. The van der Waals surface area contributed by atoms with E-state index in [1.165, 1.54) is 9.80 Å². The Morgan fingerprint density at radius 3 is 2.35 bits per heavy atom. The van der Waals surface area contributed by atoms with E-state index in [9.17, 15) is 14.4 Å². The van der Waals surface area contributed by atoms with Gasteiger partial charge in [-0.25, -0.2) is 0 Å². The summed E-state index contributed by atoms with van der Waals surface area (Å²) in [6.45, 7) is 0.485. The van der Waals surface area contributed by atoms with Crippen LogP contribution in [-0.4, -0.2) is 49.4 Å². The Kier molecular flexibility index (Phi) is 5.17. The highest BCUT2D eigenvalue weighted by Crippen LogP contribution is 2.18. The number of nitrogens with zero attached hydrogens (tertiary/aromatic N) is 2. The van der Waals surface area contributed by atoms with Gasteiger partial charge in [0.05, 0.1) is 7.11 Å². The average molecular weight is 353 g/mol. The molecule has 0 bridgehead atoms. The molecule has 7 heteroatoms. The first kappa shape index (κ1) is 17.5. The Hall–Kier alpha value is -3.35. The molecule has 2 aromatic carbocycles. The molecule has 0 aromatic heterocycles. The Morgan fingerprint density at radius 1 is 1.00 bits per heavy atom. The third-order valence-electron chi connectivity index (χ3n) is 4.08. The zero-order chi connectivity index (χ0) is 18.5. The van der Waals surface area contributed by atoms with Crippen molar-refractivity contribution in [3.8, 4) is 5.75 Å². The Labute approximate surface area is 151 Å². The predicted molar refractivity (Wildman–Crippen MR) is 97.0 cm³/mol. The monoisotopic (exact) mass is 353 g/mol. The van der Waals surface area contributed by atoms with Gasteiger partial charge in [-0.2, -0.15) is 0 Å². The van der Waals surface area contributed by atoms with E-state index < -0.39 is 11.8 Å². The molecule has 26 heavy (non-hydrogen) atoms. The summed E-state index contributed by atoms with van der Waals surface area (Å²) >= 11 is 0. The molecule has 7 nitrogen and oxygen atoms in total. The summed E-state index contributed by atoms with van der Waals surface area (Å²) in [6, 6.07) is 15.9. The molecule has 3 rings (SSSR count). The number of amides is 3. The number of anilines is 2. The summed E-state index contributed by atoms with van der Waals surface area (Å²) in [7, 11) is 1.56. The molecule has 0 saturated carbocycles. The third kappa shape index (κ3) is 3.83. The number of benzene rings is 2. The molecule has 3 amide bonds. The normalized spacial score (nSPS) is 14.3. The fourth-order valence-corrected chi connectivity index (χ4v) is 2.73. The molecule has 134 valence electrons. The molecule has 0 radical (unpaired) electrons. The van der Waals surface area contributed by atoms with E-state index in [-0.39, 0.29) is 12.5 Å². The highest BCUT2D eigenvalue weighted by Gasteiger charge is 2.34. The number of ether oxygens (including phenoxy) is 1. The molecule has 0 spiro atoms. The number of carbonyl (C=O) groups is 3. The summed E-state index contributed by atoms with van der Waals surface area (Å²) in [4.78, 5) is 39.5. The van der Waals surface area contributed by atoms with Crippen molar-refractivity contribution in [2.45, 2.75) is 0 Å². The van der Waals surface area contributed by atoms with Gasteiger partial charge in [-0.15, -0.1) is 0 Å². The van der Waals surface area contributed by atoms with Gasteiger partial charge < -0.3 is 19.9 Å². The van der Waals surface area contributed by atoms with Crippen LogP contribution in [0.1, 0.15) is 0 Å². The van der Waals surface area contributed by atoms with E-state index in [4.69, 9.17) is 4.74 Å². The maximum atomic E-state index is 12.3. The Bertz CT molecular complexity index is 805. The van der Waals surface area contributed by atoms with Crippen LogP contribution in [-0.2, 0) is 14.4 Å². The standard InChI is InChI=1S/C19H19N3O4/c1-26-16-9-7-14(8-10-16)20-17(23)13-21-11-12-22(19(25)18(21)24)15-5-3-2-4-6-15/h2-10H,11-13H2,1H3,(H,20,23). The van der Waals surface area contributed by atoms with Crippen molar-refractivity contribution in [1.82, 2.24) is 4.90 Å². The highest BCUT2D eigenvalue weighted by molar-refractivity contribution is 6.41. The minimum absolute atomic E-state index is 0.167. The van der Waals surface area contributed by atoms with Crippen LogP contribution in [0.4, 0.5) is 11.4 Å². The molecular weight excluding hydrogens is 334 g/mol. The van der Waals surface area contributed by atoms with E-state index in [0.717, 1.165) is 0 Å². The first-order chi connectivity index (χ1) is 12.6. The van der Waals surface area contributed by atoms with Gasteiger partial charge in [0, 0.05) is 24.5 Å². The summed E-state index contributed by atoms with van der Waals surface area (Å²) in [6.07, 6.45) is 0. The SMILES string of the molecule is COc1ccc(NC(=O)CN2CCN(c3ccccc3)C(=O)C2=O)cc1. The number of hydrogen-bond acceptors (Lipinski definition) is 4. The van der Waals surface area contributed by atoms with E-state index in [0.29, 0.717) is 30.2 Å². The van der Waals surface area contributed by atoms with Crippen molar-refractivity contribution >= 4 is 29.1 Å². The van der Waals surface area contributed by atoms with Gasteiger partial charge in [0.15, 0.2) is 0 Å². The molecule has 0 unspecified atom stereocenters. The lowest BCUT2D eigenvalue weighted by Crippen LogP contribution is -2.56. The van der Waals surface area contributed by atoms with Crippen LogP contribution in [0.5, 0.6) is 5.75 Å². The molecule has 0 aliphatic carbocycles. The van der Waals surface area contributed by atoms with Gasteiger partial charge in [-0.3, -0.25) is 14.4 Å². The lowest BCUT2D eigenvalue weighted by molar-refractivity contribution is -0.147. The Balaban J connectivity index is 1.59. The van der Waals surface area contributed by atoms with Crippen molar-refractivity contribution in [3.63, 3.8) is 0 Å². The molecule has 1 heterocycles. The second kappa shape index (κ2) is 7.69. The summed E-state index contributed by atoms with van der Waals surface area (Å²) in [5.41, 5.74) is 1.27. The lowest BCUT2D eigenvalue weighted by Gasteiger charge is -2.33. The third-order valence-corrected chi connectivity index (χ3v) is 4.08. The molecule has 0 atom stereocenters. The lowest BCUT2D eigenvalue weighted by atomic mass is 10.2. The smallest absolute Gasteiger partial charge is 0.316 e. The fourth-order valence-electron chi connectivity index (χ4n) is 2.73. The van der Waals surface area contributed by atoms with Crippen molar-refractivity contribution in [1.29, 1.82) is 0 Å². The number of methoxy groups -OCH3 is 1. The molecule has 1 fully saturated rings. The van der Waals surface area contributed by atoms with Crippen molar-refractivity contribution in [3.05, 3.63) is 54.6 Å². The van der Waals surface area contributed by atoms with Gasteiger partial charge in [-0.1, -0.05) is 18.2 Å². The molecule has 1 aliphatic rings. The molecule has 1 saturated heterocycles. The van der Waals surface area contributed by atoms with Crippen LogP contribution in [0.2, 0.25) is 0 Å². The average Bonchev–Trinajstić information content (AvgIpc) is 2.67. The molecule has 2 aromatic rings. The van der Waals surface area contributed by atoms with E-state index in [1.54, 1.807) is 43.5 Å². The van der Waals surface area contributed by atoms with Crippen molar-refractivity contribution in [2.24, 2.45) is 0 Å². The summed E-state index contributed by atoms with van der Waals surface area (Å²) in [5, 5.41) is 2.71. The minimum atomic E-state index is -0.676. The zero-order valence-electron chi connectivity index (χ0n) is 14.3. The number of hydrogen-bond donors (Lipinski definition) is 1. The van der Waals surface area contributed by atoms with Crippen LogP contribution >= 0.6 is 0 Å².